The van der Waals surface area contributed by atoms with Crippen LogP contribution in [-0.2, 0) is 10.0 Å². The fourth-order valence-corrected chi connectivity index (χ4v) is 4.43. The Hall–Kier alpha value is -3.32. The van der Waals surface area contributed by atoms with Crippen LogP contribution in [0.4, 0.5) is 5.69 Å². The van der Waals surface area contributed by atoms with Crippen molar-refractivity contribution in [3.05, 3.63) is 90.0 Å². The van der Waals surface area contributed by atoms with E-state index in [4.69, 9.17) is 4.74 Å². The molecule has 0 aromatic heterocycles. The lowest BCUT2D eigenvalue weighted by Crippen LogP contribution is -2.31. The van der Waals surface area contributed by atoms with Crippen molar-refractivity contribution in [2.24, 2.45) is 0 Å². The predicted octanol–water partition coefficient (Wildman–Crippen LogP) is 4.40. The lowest BCUT2D eigenvalue weighted by Gasteiger charge is -2.23. The number of sulfonamides is 1. The highest BCUT2D eigenvalue weighted by Gasteiger charge is 2.25. The molecule has 0 aliphatic heterocycles. The Morgan fingerprint density at radius 1 is 0.968 bits per heavy atom. The molecule has 1 atom stereocenters. The summed E-state index contributed by atoms with van der Waals surface area (Å²) in [5.74, 6) is 0.412. The standard InChI is InChI=1S/C24H26N2O4S/c1-4-30-20-16-14-19(15-17-20)18(2)25-24(27)22-12-8-9-13-23(22)26(3)31(28,29)21-10-6-5-7-11-21/h5-18H,4H2,1-3H3,(H,25,27)/t18-/m1/s1. The largest absolute Gasteiger partial charge is 0.494 e. The summed E-state index contributed by atoms with van der Waals surface area (Å²) in [5.41, 5.74) is 1.50. The molecular weight excluding hydrogens is 412 g/mol. The van der Waals surface area contributed by atoms with Crippen LogP contribution in [0.25, 0.3) is 0 Å². The normalized spacial score (nSPS) is 12.1. The van der Waals surface area contributed by atoms with Gasteiger partial charge in [-0.3, -0.25) is 9.10 Å². The van der Waals surface area contributed by atoms with Gasteiger partial charge in [-0.15, -0.1) is 0 Å². The highest BCUT2D eigenvalue weighted by atomic mass is 32.2. The highest BCUT2D eigenvalue weighted by molar-refractivity contribution is 7.92. The summed E-state index contributed by atoms with van der Waals surface area (Å²) in [5, 5.41) is 2.95. The molecule has 3 aromatic carbocycles. The molecule has 0 aliphatic carbocycles. The smallest absolute Gasteiger partial charge is 0.264 e. The molecule has 0 heterocycles. The van der Waals surface area contributed by atoms with Gasteiger partial charge in [-0.2, -0.15) is 0 Å². The molecule has 0 radical (unpaired) electrons. The van der Waals surface area contributed by atoms with Gasteiger partial charge in [-0.1, -0.05) is 42.5 Å². The van der Waals surface area contributed by atoms with Crippen LogP contribution >= 0.6 is 0 Å². The molecule has 6 nitrogen and oxygen atoms in total. The first-order chi connectivity index (χ1) is 14.8. The first kappa shape index (κ1) is 22.4. The summed E-state index contributed by atoms with van der Waals surface area (Å²) in [6, 6.07) is 22.0. The number of para-hydroxylation sites is 1. The van der Waals surface area contributed by atoms with Crippen molar-refractivity contribution in [1.29, 1.82) is 0 Å². The minimum absolute atomic E-state index is 0.162. The van der Waals surface area contributed by atoms with Crippen LogP contribution in [0.5, 0.6) is 5.75 Å². The summed E-state index contributed by atoms with van der Waals surface area (Å²) in [4.78, 5) is 13.2. The predicted molar refractivity (Wildman–Crippen MR) is 122 cm³/mol. The molecule has 7 heteroatoms. The number of nitrogens with zero attached hydrogens (tertiary/aromatic N) is 1. The zero-order chi connectivity index (χ0) is 22.4. The van der Waals surface area contributed by atoms with E-state index >= 15 is 0 Å². The van der Waals surface area contributed by atoms with Crippen LogP contribution < -0.4 is 14.4 Å². The number of carbonyl (C=O) groups is 1. The van der Waals surface area contributed by atoms with Crippen molar-refractivity contribution in [3.63, 3.8) is 0 Å². The van der Waals surface area contributed by atoms with E-state index in [1.54, 1.807) is 42.5 Å². The van der Waals surface area contributed by atoms with Crippen LogP contribution in [0.2, 0.25) is 0 Å². The maximum absolute atomic E-state index is 13.0. The fourth-order valence-electron chi connectivity index (χ4n) is 3.20. The molecule has 0 saturated carbocycles. The number of ether oxygens (including phenoxy) is 1. The van der Waals surface area contributed by atoms with E-state index in [0.29, 0.717) is 12.3 Å². The summed E-state index contributed by atoms with van der Waals surface area (Å²) in [7, 11) is -2.35. The van der Waals surface area contributed by atoms with Crippen molar-refractivity contribution in [2.75, 3.05) is 18.0 Å². The monoisotopic (exact) mass is 438 g/mol. The van der Waals surface area contributed by atoms with Gasteiger partial charge in [0.1, 0.15) is 5.75 Å². The van der Waals surface area contributed by atoms with Crippen molar-refractivity contribution in [2.45, 2.75) is 24.8 Å². The molecule has 0 aliphatic rings. The minimum Gasteiger partial charge on any atom is -0.494 e. The van der Waals surface area contributed by atoms with Gasteiger partial charge in [0.25, 0.3) is 15.9 Å². The number of anilines is 1. The first-order valence-corrected chi connectivity index (χ1v) is 11.4. The number of nitrogens with one attached hydrogen (secondary N) is 1. The topological polar surface area (TPSA) is 75.7 Å². The third-order valence-corrected chi connectivity index (χ3v) is 6.71. The summed E-state index contributed by atoms with van der Waals surface area (Å²) in [6.45, 7) is 4.38. The summed E-state index contributed by atoms with van der Waals surface area (Å²) < 4.78 is 32.6. The minimum atomic E-state index is -3.80. The zero-order valence-corrected chi connectivity index (χ0v) is 18.6. The lowest BCUT2D eigenvalue weighted by atomic mass is 10.1. The number of benzene rings is 3. The second-order valence-electron chi connectivity index (χ2n) is 7.00. The SMILES string of the molecule is CCOc1ccc([C@@H](C)NC(=O)c2ccccc2N(C)S(=O)(=O)c2ccccc2)cc1. The van der Waals surface area contributed by atoms with Crippen LogP contribution in [0.1, 0.15) is 35.8 Å². The molecule has 31 heavy (non-hydrogen) atoms. The Kier molecular flexibility index (Phi) is 6.97. The molecule has 0 saturated heterocycles. The average Bonchev–Trinajstić information content (AvgIpc) is 2.79. The van der Waals surface area contributed by atoms with E-state index in [1.165, 1.54) is 19.2 Å². The Balaban J connectivity index is 1.83. The van der Waals surface area contributed by atoms with Gasteiger partial charge in [-0.25, -0.2) is 8.42 Å². The van der Waals surface area contributed by atoms with Gasteiger partial charge in [0.05, 0.1) is 28.8 Å². The van der Waals surface area contributed by atoms with Gasteiger partial charge in [0.2, 0.25) is 0 Å². The van der Waals surface area contributed by atoms with Gasteiger partial charge in [0.15, 0.2) is 0 Å². The Morgan fingerprint density at radius 2 is 1.58 bits per heavy atom. The van der Waals surface area contributed by atoms with E-state index < -0.39 is 10.0 Å². The van der Waals surface area contributed by atoms with Crippen LogP contribution in [0.3, 0.4) is 0 Å². The first-order valence-electron chi connectivity index (χ1n) is 10.0. The van der Waals surface area contributed by atoms with Gasteiger partial charge in [0, 0.05) is 7.05 Å². The summed E-state index contributed by atoms with van der Waals surface area (Å²) >= 11 is 0. The van der Waals surface area contributed by atoms with E-state index in [1.807, 2.05) is 38.1 Å². The van der Waals surface area contributed by atoms with Crippen molar-refractivity contribution >= 4 is 21.6 Å². The maximum atomic E-state index is 13.0. The third kappa shape index (κ3) is 5.06. The van der Waals surface area contributed by atoms with E-state index in [-0.39, 0.29) is 22.4 Å². The number of rotatable bonds is 8. The Bertz CT molecular complexity index is 1130. The lowest BCUT2D eigenvalue weighted by molar-refractivity contribution is 0.0940. The summed E-state index contributed by atoms with van der Waals surface area (Å²) in [6.07, 6.45) is 0. The zero-order valence-electron chi connectivity index (χ0n) is 17.8. The van der Waals surface area contributed by atoms with Gasteiger partial charge >= 0.3 is 0 Å². The maximum Gasteiger partial charge on any atom is 0.264 e. The molecule has 1 amide bonds. The van der Waals surface area contributed by atoms with Gasteiger partial charge in [-0.05, 0) is 55.8 Å². The molecule has 1 N–H and O–H groups in total. The Morgan fingerprint density at radius 3 is 2.23 bits per heavy atom. The van der Waals surface area contributed by atoms with Gasteiger partial charge < -0.3 is 10.1 Å². The number of carbonyl (C=O) groups excluding carboxylic acids is 1. The van der Waals surface area contributed by atoms with E-state index in [0.717, 1.165) is 15.6 Å². The van der Waals surface area contributed by atoms with Crippen molar-refractivity contribution < 1.29 is 17.9 Å². The molecule has 3 rings (SSSR count). The van der Waals surface area contributed by atoms with E-state index in [2.05, 4.69) is 5.32 Å². The number of amides is 1. The third-order valence-electron chi connectivity index (χ3n) is 4.93. The van der Waals surface area contributed by atoms with Crippen LogP contribution in [-0.4, -0.2) is 28.0 Å². The molecule has 0 fully saturated rings. The quantitative estimate of drug-likeness (QED) is 0.566. The number of hydrogen-bond acceptors (Lipinski definition) is 4. The molecule has 162 valence electrons. The second kappa shape index (κ2) is 9.66. The van der Waals surface area contributed by atoms with Crippen molar-refractivity contribution in [1.82, 2.24) is 5.32 Å². The molecule has 0 spiro atoms. The van der Waals surface area contributed by atoms with E-state index in [9.17, 15) is 13.2 Å². The molecule has 3 aromatic rings. The van der Waals surface area contributed by atoms with Crippen LogP contribution in [0, 0.1) is 0 Å². The highest BCUT2D eigenvalue weighted by Crippen LogP contribution is 2.26. The second-order valence-corrected chi connectivity index (χ2v) is 8.97. The Labute approximate surface area is 183 Å². The molecular formula is C24H26N2O4S. The molecule has 0 bridgehead atoms. The van der Waals surface area contributed by atoms with Crippen LogP contribution in [0.15, 0.2) is 83.8 Å². The molecule has 0 unspecified atom stereocenters. The number of hydrogen-bond donors (Lipinski definition) is 1. The fraction of sp³-hybridized carbons (Fsp3) is 0.208. The van der Waals surface area contributed by atoms with Crippen molar-refractivity contribution in [3.8, 4) is 5.75 Å². The average molecular weight is 439 g/mol.